The normalized spacial score (nSPS) is 17.5. The van der Waals surface area contributed by atoms with Gasteiger partial charge in [0.05, 0.1) is 11.9 Å². The van der Waals surface area contributed by atoms with Crippen molar-refractivity contribution in [1.82, 2.24) is 15.1 Å². The number of halogens is 1. The molecule has 2 heterocycles. The zero-order valence-electron chi connectivity index (χ0n) is 20.7. The Bertz CT molecular complexity index is 1260. The lowest BCUT2D eigenvalue weighted by atomic mass is 9.88. The number of anilines is 1. The Hall–Kier alpha value is -3.11. The maximum absolute atomic E-state index is 13.6. The lowest BCUT2D eigenvalue weighted by Gasteiger charge is -2.35. The number of carbonyl (C=O) groups excluding carboxylic acids is 3. The van der Waals surface area contributed by atoms with Gasteiger partial charge in [0.25, 0.3) is 0 Å². The zero-order chi connectivity index (χ0) is 26.6. The van der Waals surface area contributed by atoms with Crippen LogP contribution >= 0.6 is 11.6 Å². The van der Waals surface area contributed by atoms with Gasteiger partial charge in [-0.2, -0.15) is 0 Å². The summed E-state index contributed by atoms with van der Waals surface area (Å²) in [4.78, 5) is 41.4. The summed E-state index contributed by atoms with van der Waals surface area (Å²) in [5.74, 6) is -0.366. The van der Waals surface area contributed by atoms with Crippen LogP contribution in [0.1, 0.15) is 42.7 Å². The summed E-state index contributed by atoms with van der Waals surface area (Å²) in [5.41, 5.74) is 2.29. The highest BCUT2D eigenvalue weighted by Crippen LogP contribution is 2.33. The molecule has 2 aromatic rings. The Balaban J connectivity index is 1.46. The standard InChI is InChI=1S/C26H31ClN4O5S/c1-37(35,36)29-22-6-3-2-5-21(22)19-12-15-30(16-13-19)25(33)23(17-18-8-10-20(27)11-9-18)28-26(34)31-14-4-7-24(31)32/h2-3,5-6,8-11,19,23,29H,4,7,12-17H2,1H3,(H,28,34)/t23-/m1/s1. The van der Waals surface area contributed by atoms with E-state index in [0.717, 1.165) is 17.4 Å². The van der Waals surface area contributed by atoms with Crippen LogP contribution in [0.25, 0.3) is 0 Å². The van der Waals surface area contributed by atoms with Crippen LogP contribution in [-0.4, -0.2) is 68.0 Å². The molecule has 11 heteroatoms. The Kier molecular flexibility index (Phi) is 8.39. The Labute approximate surface area is 222 Å². The van der Waals surface area contributed by atoms with E-state index in [-0.39, 0.29) is 24.2 Å². The second-order valence-electron chi connectivity index (χ2n) is 9.54. The fourth-order valence-electron chi connectivity index (χ4n) is 4.92. The highest BCUT2D eigenvalue weighted by molar-refractivity contribution is 7.92. The van der Waals surface area contributed by atoms with Crippen molar-refractivity contribution < 1.29 is 22.8 Å². The van der Waals surface area contributed by atoms with Crippen molar-refractivity contribution in [3.8, 4) is 0 Å². The molecule has 0 aliphatic carbocycles. The monoisotopic (exact) mass is 546 g/mol. The van der Waals surface area contributed by atoms with Gasteiger partial charge in [-0.3, -0.25) is 19.2 Å². The van der Waals surface area contributed by atoms with E-state index in [0.29, 0.717) is 56.0 Å². The van der Waals surface area contributed by atoms with Crippen molar-refractivity contribution in [3.63, 3.8) is 0 Å². The molecule has 37 heavy (non-hydrogen) atoms. The van der Waals surface area contributed by atoms with Gasteiger partial charge < -0.3 is 10.2 Å². The number of carbonyl (C=O) groups is 3. The third-order valence-electron chi connectivity index (χ3n) is 6.77. The Morgan fingerprint density at radius 1 is 1.05 bits per heavy atom. The van der Waals surface area contributed by atoms with Crippen molar-refractivity contribution in [2.24, 2.45) is 0 Å². The number of sulfonamides is 1. The van der Waals surface area contributed by atoms with Crippen LogP contribution in [-0.2, 0) is 26.0 Å². The van der Waals surface area contributed by atoms with Crippen molar-refractivity contribution >= 4 is 45.2 Å². The third kappa shape index (κ3) is 7.01. The van der Waals surface area contributed by atoms with E-state index in [1.54, 1.807) is 29.2 Å². The van der Waals surface area contributed by atoms with Crippen LogP contribution < -0.4 is 10.0 Å². The molecule has 2 aliphatic rings. The predicted molar refractivity (Wildman–Crippen MR) is 142 cm³/mol. The average molecular weight is 547 g/mol. The first-order valence-electron chi connectivity index (χ1n) is 12.3. The molecule has 0 bridgehead atoms. The molecule has 9 nitrogen and oxygen atoms in total. The minimum atomic E-state index is -3.42. The molecule has 0 radical (unpaired) electrons. The van der Waals surface area contributed by atoms with Crippen LogP contribution in [0.4, 0.5) is 10.5 Å². The van der Waals surface area contributed by atoms with E-state index in [1.807, 2.05) is 24.3 Å². The largest absolute Gasteiger partial charge is 0.341 e. The smallest absolute Gasteiger partial charge is 0.324 e. The maximum Gasteiger partial charge on any atom is 0.324 e. The first-order valence-corrected chi connectivity index (χ1v) is 14.6. The number of rotatable bonds is 7. The van der Waals surface area contributed by atoms with Gasteiger partial charge in [-0.25, -0.2) is 13.2 Å². The number of nitrogens with zero attached hydrogens (tertiary/aromatic N) is 2. The lowest BCUT2D eigenvalue weighted by Crippen LogP contribution is -2.54. The van der Waals surface area contributed by atoms with Gasteiger partial charge in [-0.1, -0.05) is 41.9 Å². The molecule has 4 rings (SSSR count). The summed E-state index contributed by atoms with van der Waals surface area (Å²) in [5, 5.41) is 3.37. The van der Waals surface area contributed by atoms with Gasteiger partial charge >= 0.3 is 6.03 Å². The quantitative estimate of drug-likeness (QED) is 0.552. The molecule has 0 saturated carbocycles. The topological polar surface area (TPSA) is 116 Å². The summed E-state index contributed by atoms with van der Waals surface area (Å²) in [6, 6.07) is 13.0. The highest BCUT2D eigenvalue weighted by Gasteiger charge is 2.34. The molecule has 0 aromatic heterocycles. The van der Waals surface area contributed by atoms with E-state index < -0.39 is 22.1 Å². The van der Waals surface area contributed by atoms with Gasteiger partial charge in [-0.15, -0.1) is 0 Å². The summed E-state index contributed by atoms with van der Waals surface area (Å²) in [7, 11) is -3.42. The molecule has 0 spiro atoms. The highest BCUT2D eigenvalue weighted by atomic mass is 35.5. The van der Waals surface area contributed by atoms with Crippen LogP contribution in [0.5, 0.6) is 0 Å². The molecule has 2 N–H and O–H groups in total. The first-order chi connectivity index (χ1) is 17.6. The summed E-state index contributed by atoms with van der Waals surface area (Å²) >= 11 is 6.00. The Morgan fingerprint density at radius 2 is 1.73 bits per heavy atom. The molecular formula is C26H31ClN4O5S. The second-order valence-corrected chi connectivity index (χ2v) is 11.7. The van der Waals surface area contributed by atoms with E-state index in [4.69, 9.17) is 11.6 Å². The summed E-state index contributed by atoms with van der Waals surface area (Å²) < 4.78 is 26.2. The second kappa shape index (κ2) is 11.5. The van der Waals surface area contributed by atoms with E-state index in [1.165, 1.54) is 4.90 Å². The predicted octanol–water partition coefficient (Wildman–Crippen LogP) is 3.36. The Morgan fingerprint density at radius 3 is 2.35 bits per heavy atom. The molecule has 2 aliphatic heterocycles. The number of benzene rings is 2. The van der Waals surface area contributed by atoms with Gasteiger partial charge in [-0.05, 0) is 54.5 Å². The zero-order valence-corrected chi connectivity index (χ0v) is 22.2. The van der Waals surface area contributed by atoms with E-state index in [9.17, 15) is 22.8 Å². The van der Waals surface area contributed by atoms with Gasteiger partial charge in [0.2, 0.25) is 21.8 Å². The lowest BCUT2D eigenvalue weighted by molar-refractivity contribution is -0.134. The van der Waals surface area contributed by atoms with E-state index >= 15 is 0 Å². The number of likely N-dealkylation sites (tertiary alicyclic amines) is 2. The number of hydrogen-bond acceptors (Lipinski definition) is 5. The molecule has 198 valence electrons. The number of hydrogen-bond donors (Lipinski definition) is 2. The molecule has 2 saturated heterocycles. The molecule has 1 atom stereocenters. The van der Waals surface area contributed by atoms with Crippen LogP contribution in [0.2, 0.25) is 5.02 Å². The van der Waals surface area contributed by atoms with Crippen LogP contribution in [0.15, 0.2) is 48.5 Å². The number of nitrogens with one attached hydrogen (secondary N) is 2. The van der Waals surface area contributed by atoms with Crippen molar-refractivity contribution in [3.05, 3.63) is 64.7 Å². The first kappa shape index (κ1) is 26.9. The average Bonchev–Trinajstić information content (AvgIpc) is 3.30. The SMILES string of the molecule is CS(=O)(=O)Nc1ccccc1C1CCN(C(=O)[C@@H](Cc2ccc(Cl)cc2)NC(=O)N2CCCC2=O)CC1. The maximum atomic E-state index is 13.6. The van der Waals surface area contributed by atoms with Gasteiger partial charge in [0.15, 0.2) is 0 Å². The van der Waals surface area contributed by atoms with Crippen LogP contribution in [0.3, 0.4) is 0 Å². The van der Waals surface area contributed by atoms with Crippen molar-refractivity contribution in [2.75, 3.05) is 30.6 Å². The van der Waals surface area contributed by atoms with Gasteiger partial charge in [0, 0.05) is 37.5 Å². The molecule has 2 fully saturated rings. The third-order valence-corrected chi connectivity index (χ3v) is 7.61. The fraction of sp³-hybridized carbons (Fsp3) is 0.423. The molecule has 4 amide bonds. The number of imide groups is 1. The molecular weight excluding hydrogens is 516 g/mol. The molecule has 2 aromatic carbocycles. The summed E-state index contributed by atoms with van der Waals surface area (Å²) in [6.45, 7) is 1.28. The fourth-order valence-corrected chi connectivity index (χ4v) is 5.63. The minimum absolute atomic E-state index is 0.0843. The summed E-state index contributed by atoms with van der Waals surface area (Å²) in [6.07, 6.45) is 3.64. The number of amides is 4. The number of para-hydroxylation sites is 1. The van der Waals surface area contributed by atoms with Gasteiger partial charge in [0.1, 0.15) is 6.04 Å². The van der Waals surface area contributed by atoms with Crippen LogP contribution in [0, 0.1) is 0 Å². The van der Waals surface area contributed by atoms with E-state index in [2.05, 4.69) is 10.0 Å². The molecule has 0 unspecified atom stereocenters. The van der Waals surface area contributed by atoms with Crippen molar-refractivity contribution in [2.45, 2.75) is 44.1 Å². The minimum Gasteiger partial charge on any atom is -0.341 e. The van der Waals surface area contributed by atoms with Crippen molar-refractivity contribution in [1.29, 1.82) is 0 Å². The number of urea groups is 1. The number of piperidine rings is 1.